The van der Waals surface area contributed by atoms with Crippen LogP contribution in [0.5, 0.6) is 0 Å². The van der Waals surface area contributed by atoms with Crippen molar-refractivity contribution >= 4 is 29.6 Å². The van der Waals surface area contributed by atoms with Crippen molar-refractivity contribution in [3.63, 3.8) is 0 Å². The Morgan fingerprint density at radius 2 is 2.05 bits per heavy atom. The van der Waals surface area contributed by atoms with Crippen molar-refractivity contribution in [2.45, 2.75) is 103 Å². The van der Waals surface area contributed by atoms with Gasteiger partial charge in [0.25, 0.3) is 0 Å². The van der Waals surface area contributed by atoms with Gasteiger partial charge in [-0.05, 0) is 46.0 Å². The largest absolute Gasteiger partial charge is 0.465 e. The van der Waals surface area contributed by atoms with Gasteiger partial charge in [0, 0.05) is 24.3 Å². The molecule has 2 saturated heterocycles. The molecular formula is C29H48N4O6S. The molecule has 1 aromatic rings. The molecule has 10 nitrogen and oxygen atoms in total. The zero-order valence-corrected chi connectivity index (χ0v) is 25.7. The van der Waals surface area contributed by atoms with E-state index in [1.165, 1.54) is 11.8 Å². The van der Waals surface area contributed by atoms with Crippen LogP contribution < -0.4 is 10.2 Å². The van der Waals surface area contributed by atoms with Crippen LogP contribution in [0.25, 0.3) is 0 Å². The second-order valence-electron chi connectivity index (χ2n) is 11.9. The van der Waals surface area contributed by atoms with E-state index in [9.17, 15) is 14.7 Å². The van der Waals surface area contributed by atoms with E-state index in [2.05, 4.69) is 34.0 Å². The van der Waals surface area contributed by atoms with Crippen molar-refractivity contribution in [1.82, 2.24) is 15.3 Å². The maximum Gasteiger partial charge on any atom is 0.407 e. The molecule has 11 heteroatoms. The zero-order valence-electron chi connectivity index (χ0n) is 24.9. The Labute approximate surface area is 243 Å². The first-order chi connectivity index (χ1) is 19.1. The highest BCUT2D eigenvalue weighted by molar-refractivity contribution is 7.99. The van der Waals surface area contributed by atoms with Gasteiger partial charge in [-0.25, -0.2) is 14.8 Å². The van der Waals surface area contributed by atoms with Gasteiger partial charge in [0.2, 0.25) is 0 Å². The van der Waals surface area contributed by atoms with E-state index in [1.807, 2.05) is 20.8 Å². The number of nitrogens with one attached hydrogen (secondary N) is 1. The lowest BCUT2D eigenvalue weighted by molar-refractivity contribution is -0.144. The number of hydrogen-bond donors (Lipinski definition) is 2. The predicted molar refractivity (Wildman–Crippen MR) is 155 cm³/mol. The fourth-order valence-corrected chi connectivity index (χ4v) is 6.00. The molecule has 1 spiro atoms. The summed E-state index contributed by atoms with van der Waals surface area (Å²) in [6.45, 7) is 12.6. The molecule has 226 valence electrons. The van der Waals surface area contributed by atoms with Crippen LogP contribution in [-0.2, 0) is 25.6 Å². The van der Waals surface area contributed by atoms with Gasteiger partial charge in [-0.2, -0.15) is 0 Å². The molecule has 0 bridgehead atoms. The third-order valence-electron chi connectivity index (χ3n) is 7.69. The molecule has 1 aromatic heterocycles. The molecule has 2 aliphatic heterocycles. The molecule has 0 saturated carbocycles. The number of nitrogens with zero attached hydrogens (tertiary/aromatic N) is 3. The van der Waals surface area contributed by atoms with Crippen LogP contribution in [0.15, 0.2) is 11.2 Å². The zero-order chi connectivity index (χ0) is 29.2. The van der Waals surface area contributed by atoms with Crippen molar-refractivity contribution in [2.75, 3.05) is 43.6 Å². The highest BCUT2D eigenvalue weighted by Gasteiger charge is 2.47. The number of aromatic nitrogens is 2. The van der Waals surface area contributed by atoms with Gasteiger partial charge >= 0.3 is 12.1 Å². The molecule has 1 unspecified atom stereocenters. The number of carbonyl (C=O) groups excluding carboxylic acids is 2. The Morgan fingerprint density at radius 1 is 1.30 bits per heavy atom. The number of alkyl carbamates (subject to hydrolysis) is 1. The second-order valence-corrected chi connectivity index (χ2v) is 13.0. The summed E-state index contributed by atoms with van der Waals surface area (Å²) in [5.74, 6) is 1.46. The first-order valence-electron chi connectivity index (χ1n) is 14.7. The standard InChI is InChI=1S/C29H48N4O6S/c1-6-8-9-21(7-2)18-38-25(35)10-15-40-24-16-30-26(22(17-34)31-24)33-13-11-29(12-14-33)20-37-19-23(29)32-27(36)39-28(3,4)5/h16,21,23,34H,6-15,17-20H2,1-5H3,(H,32,36)/t21?,23-/m1/s1. The van der Waals surface area contributed by atoms with Crippen LogP contribution in [0, 0.1) is 11.3 Å². The highest BCUT2D eigenvalue weighted by Crippen LogP contribution is 2.41. The summed E-state index contributed by atoms with van der Waals surface area (Å²) in [6, 6.07) is -0.109. The molecule has 0 aliphatic carbocycles. The molecule has 0 aromatic carbocycles. The fraction of sp³-hybridized carbons (Fsp3) is 0.793. The first-order valence-corrected chi connectivity index (χ1v) is 15.6. The van der Waals surface area contributed by atoms with Crippen molar-refractivity contribution in [3.05, 3.63) is 11.9 Å². The maximum atomic E-state index is 12.4. The van der Waals surface area contributed by atoms with Gasteiger partial charge in [0.05, 0.1) is 45.1 Å². The second kappa shape index (κ2) is 15.2. The van der Waals surface area contributed by atoms with Crippen LogP contribution in [0.2, 0.25) is 0 Å². The third-order valence-corrected chi connectivity index (χ3v) is 8.59. The Hall–Kier alpha value is -2.11. The van der Waals surface area contributed by atoms with Gasteiger partial charge in [-0.3, -0.25) is 4.79 Å². The van der Waals surface area contributed by atoms with Gasteiger partial charge in [-0.1, -0.05) is 33.1 Å². The quantitative estimate of drug-likeness (QED) is 0.250. The van der Waals surface area contributed by atoms with Crippen molar-refractivity contribution in [3.8, 4) is 0 Å². The number of amides is 1. The summed E-state index contributed by atoms with van der Waals surface area (Å²) in [5.41, 5.74) is -0.187. The van der Waals surface area contributed by atoms with Gasteiger partial charge in [-0.15, -0.1) is 11.8 Å². The summed E-state index contributed by atoms with van der Waals surface area (Å²) in [6.07, 6.45) is 7.65. The van der Waals surface area contributed by atoms with E-state index < -0.39 is 11.7 Å². The van der Waals surface area contributed by atoms with Crippen LogP contribution in [0.1, 0.15) is 85.3 Å². The number of ether oxygens (including phenoxy) is 3. The van der Waals surface area contributed by atoms with E-state index in [4.69, 9.17) is 14.2 Å². The lowest BCUT2D eigenvalue weighted by Crippen LogP contribution is -2.53. The van der Waals surface area contributed by atoms with Crippen LogP contribution >= 0.6 is 11.8 Å². The number of rotatable bonds is 13. The van der Waals surface area contributed by atoms with Crippen molar-refractivity contribution in [1.29, 1.82) is 0 Å². The first kappa shape index (κ1) is 32.4. The number of carbonyl (C=O) groups is 2. The topological polar surface area (TPSA) is 123 Å². The maximum absolute atomic E-state index is 12.4. The lowest BCUT2D eigenvalue weighted by Gasteiger charge is -2.42. The molecule has 2 fully saturated rings. The average Bonchev–Trinajstić information content (AvgIpc) is 3.29. The smallest absolute Gasteiger partial charge is 0.407 e. The normalized spacial score (nSPS) is 19.4. The molecular weight excluding hydrogens is 532 g/mol. The minimum atomic E-state index is -0.556. The molecule has 2 atom stereocenters. The summed E-state index contributed by atoms with van der Waals surface area (Å²) in [7, 11) is 0. The summed E-state index contributed by atoms with van der Waals surface area (Å²) in [5, 5.41) is 13.7. The fourth-order valence-electron chi connectivity index (χ4n) is 5.22. The molecule has 2 N–H and O–H groups in total. The van der Waals surface area contributed by atoms with Gasteiger partial charge in [0.1, 0.15) is 16.3 Å². The molecule has 1 amide bonds. The summed E-state index contributed by atoms with van der Waals surface area (Å²) < 4.78 is 16.7. The highest BCUT2D eigenvalue weighted by atomic mass is 32.2. The third kappa shape index (κ3) is 9.48. The van der Waals surface area contributed by atoms with Crippen LogP contribution in [0.3, 0.4) is 0 Å². The summed E-state index contributed by atoms with van der Waals surface area (Å²) >= 11 is 1.44. The van der Waals surface area contributed by atoms with Gasteiger partial charge in [0.15, 0.2) is 5.82 Å². The summed E-state index contributed by atoms with van der Waals surface area (Å²) in [4.78, 5) is 36.0. The molecule has 0 radical (unpaired) electrons. The van der Waals surface area contributed by atoms with Crippen molar-refractivity contribution in [2.24, 2.45) is 11.3 Å². The van der Waals surface area contributed by atoms with E-state index in [-0.39, 0.29) is 24.0 Å². The van der Waals surface area contributed by atoms with E-state index in [0.29, 0.717) is 67.5 Å². The number of unbranched alkanes of at least 4 members (excludes halogenated alkanes) is 1. The number of aliphatic hydroxyl groups excluding tert-OH is 1. The van der Waals surface area contributed by atoms with E-state index in [0.717, 1.165) is 38.5 Å². The Balaban J connectivity index is 1.49. The van der Waals surface area contributed by atoms with Crippen molar-refractivity contribution < 1.29 is 28.9 Å². The predicted octanol–water partition coefficient (Wildman–Crippen LogP) is 4.72. The number of piperidine rings is 1. The number of aliphatic hydroxyl groups is 1. The lowest BCUT2D eigenvalue weighted by atomic mass is 9.74. The van der Waals surface area contributed by atoms with E-state index in [1.54, 1.807) is 6.20 Å². The average molecular weight is 581 g/mol. The molecule has 2 aliphatic rings. The van der Waals surface area contributed by atoms with Gasteiger partial charge < -0.3 is 29.5 Å². The minimum Gasteiger partial charge on any atom is -0.465 e. The minimum absolute atomic E-state index is 0.109. The Morgan fingerprint density at radius 3 is 2.70 bits per heavy atom. The molecule has 40 heavy (non-hydrogen) atoms. The van der Waals surface area contributed by atoms with Crippen LogP contribution in [0.4, 0.5) is 10.6 Å². The molecule has 3 rings (SSSR count). The molecule has 3 heterocycles. The van der Waals surface area contributed by atoms with E-state index >= 15 is 0 Å². The Kier molecular flexibility index (Phi) is 12.3. The Bertz CT molecular complexity index is 964. The number of hydrogen-bond acceptors (Lipinski definition) is 10. The van der Waals surface area contributed by atoms with Crippen LogP contribution in [-0.4, -0.2) is 77.4 Å². The number of anilines is 1. The number of esters is 1. The monoisotopic (exact) mass is 580 g/mol. The number of thioether (sulfide) groups is 1. The SMILES string of the molecule is CCCCC(CC)COC(=O)CCSc1cnc(N2CCC3(CC2)COC[C@H]3NC(=O)OC(C)(C)C)c(CO)n1.